The molecule has 8 nitrogen and oxygen atoms in total. The topological polar surface area (TPSA) is 101 Å². The molecule has 4 aromatic rings. The molecule has 0 aliphatic heterocycles. The molecule has 0 heterocycles. The van der Waals surface area contributed by atoms with E-state index in [0.29, 0.717) is 29.6 Å². The van der Waals surface area contributed by atoms with Crippen molar-refractivity contribution < 1.29 is 64.7 Å². The van der Waals surface area contributed by atoms with E-state index in [0.717, 1.165) is 36.4 Å². The monoisotopic (exact) mass is 766 g/mol. The van der Waals surface area contributed by atoms with Crippen LogP contribution >= 0.6 is 11.6 Å². The van der Waals surface area contributed by atoms with E-state index in [1.807, 2.05) is 0 Å². The summed E-state index contributed by atoms with van der Waals surface area (Å²) in [5.41, 5.74) is -1.64. The van der Waals surface area contributed by atoms with Crippen LogP contribution in [-0.2, 0) is 26.7 Å². The molecule has 0 fully saturated rings. The second-order valence-corrected chi connectivity index (χ2v) is 11.2. The largest absolute Gasteiger partial charge is 0.487 e. The van der Waals surface area contributed by atoms with Crippen LogP contribution in [0.15, 0.2) is 115 Å². The Balaban J connectivity index is 0.000000286. The summed E-state index contributed by atoms with van der Waals surface area (Å²) < 4.78 is 103. The molecule has 2 atom stereocenters. The molecule has 15 heteroatoms. The molecule has 4 aromatic carbocycles. The van der Waals surface area contributed by atoms with Crippen molar-refractivity contribution in [1.82, 2.24) is 0 Å². The van der Waals surface area contributed by atoms with Gasteiger partial charge in [0.15, 0.2) is 0 Å². The molecule has 282 valence electrons. The van der Waals surface area contributed by atoms with Gasteiger partial charge >= 0.3 is 24.3 Å². The summed E-state index contributed by atoms with van der Waals surface area (Å²) in [7, 11) is 0. The normalized spacial score (nSPS) is 12.7. The van der Waals surface area contributed by atoms with E-state index in [-0.39, 0.29) is 22.6 Å². The second kappa shape index (κ2) is 19.3. The molecule has 0 aliphatic carbocycles. The van der Waals surface area contributed by atoms with Crippen molar-refractivity contribution in [3.05, 3.63) is 131 Å². The molecular weight excluding hydrogens is 734 g/mol. The first-order valence-corrected chi connectivity index (χ1v) is 16.0. The molecule has 0 saturated heterocycles. The lowest BCUT2D eigenvalue weighted by molar-refractivity contribution is -0.138. The quantitative estimate of drug-likeness (QED) is 0.0815. The minimum Gasteiger partial charge on any atom is -0.487 e. The Morgan fingerprint density at radius 1 is 0.679 bits per heavy atom. The summed E-state index contributed by atoms with van der Waals surface area (Å²) >= 11 is 5.84. The maximum atomic E-state index is 12.7. The van der Waals surface area contributed by atoms with Crippen LogP contribution in [0.3, 0.4) is 0 Å². The Labute approximate surface area is 305 Å². The van der Waals surface area contributed by atoms with Gasteiger partial charge in [0, 0.05) is 12.2 Å². The van der Waals surface area contributed by atoms with Gasteiger partial charge in [-0.05, 0) is 118 Å². The van der Waals surface area contributed by atoms with Gasteiger partial charge in [-0.1, -0.05) is 17.7 Å². The summed E-state index contributed by atoms with van der Waals surface area (Å²) in [6.45, 7) is 5.44. The third-order valence-electron chi connectivity index (χ3n) is 6.48. The van der Waals surface area contributed by atoms with Crippen molar-refractivity contribution in [2.75, 3.05) is 6.61 Å². The van der Waals surface area contributed by atoms with Crippen molar-refractivity contribution in [1.29, 1.82) is 0 Å². The number of carboxylic acid groups (broad SMARTS) is 1. The number of aliphatic carboxylic acids is 1. The lowest BCUT2D eigenvalue weighted by Crippen LogP contribution is -2.09. The van der Waals surface area contributed by atoms with Crippen molar-refractivity contribution in [2.45, 2.75) is 45.3 Å². The van der Waals surface area contributed by atoms with Crippen LogP contribution in [-0.4, -0.2) is 35.9 Å². The molecule has 0 amide bonds. The highest BCUT2D eigenvalue weighted by Gasteiger charge is 2.31. The van der Waals surface area contributed by atoms with Crippen LogP contribution in [0, 0.1) is 0 Å². The van der Waals surface area contributed by atoms with Gasteiger partial charge in [-0.2, -0.15) is 26.3 Å². The zero-order valence-corrected chi connectivity index (χ0v) is 29.0. The van der Waals surface area contributed by atoms with E-state index in [2.05, 4.69) is 0 Å². The molecule has 0 radical (unpaired) electrons. The van der Waals surface area contributed by atoms with E-state index in [4.69, 9.17) is 40.4 Å². The van der Waals surface area contributed by atoms with Crippen LogP contribution in [0.2, 0.25) is 5.02 Å². The van der Waals surface area contributed by atoms with E-state index in [1.54, 1.807) is 75.4 Å². The number of hydrogen-bond donors (Lipinski definition) is 1. The second-order valence-electron chi connectivity index (χ2n) is 10.8. The number of hydrogen-bond acceptors (Lipinski definition) is 7. The summed E-state index contributed by atoms with van der Waals surface area (Å²) in [6, 6.07) is 20.2. The molecule has 0 aliphatic rings. The van der Waals surface area contributed by atoms with Crippen LogP contribution in [0.25, 0.3) is 0 Å². The van der Waals surface area contributed by atoms with Crippen molar-refractivity contribution in [3.63, 3.8) is 0 Å². The molecule has 0 spiro atoms. The van der Waals surface area contributed by atoms with E-state index < -0.39 is 41.5 Å². The maximum Gasteiger partial charge on any atom is 0.416 e. The molecular formula is C38H33ClF6O8. The third-order valence-corrected chi connectivity index (χ3v) is 6.77. The highest BCUT2D eigenvalue weighted by Crippen LogP contribution is 2.37. The number of benzene rings is 4. The third kappa shape index (κ3) is 14.9. The fourth-order valence-electron chi connectivity index (χ4n) is 4.06. The SMILES string of the molecule is CC(C=CC(=O)O)Oc1ccc(Oc2ccc(C(F)(F)F)cc2Cl)cc1.CCOC(=O)C=CC(C)Oc1ccc(Oc2cccc(C(F)(F)F)c2)cc1. The van der Waals surface area contributed by atoms with Crippen molar-refractivity contribution in [2.24, 2.45) is 0 Å². The average molecular weight is 767 g/mol. The van der Waals surface area contributed by atoms with Crippen LogP contribution in [0.1, 0.15) is 31.9 Å². The van der Waals surface area contributed by atoms with Crippen molar-refractivity contribution in [3.8, 4) is 34.5 Å². The summed E-state index contributed by atoms with van der Waals surface area (Å²) in [5.74, 6) is 0.376. The van der Waals surface area contributed by atoms with Gasteiger partial charge in [0.2, 0.25) is 0 Å². The molecule has 0 aromatic heterocycles. The zero-order chi connectivity index (χ0) is 39.2. The number of ether oxygens (including phenoxy) is 5. The Hall–Kier alpha value is -5.63. The lowest BCUT2D eigenvalue weighted by Gasteiger charge is -2.13. The van der Waals surface area contributed by atoms with Gasteiger partial charge < -0.3 is 28.8 Å². The molecule has 4 rings (SSSR count). The van der Waals surface area contributed by atoms with Gasteiger partial charge in [-0.25, -0.2) is 9.59 Å². The van der Waals surface area contributed by atoms with Gasteiger partial charge in [0.1, 0.15) is 46.7 Å². The van der Waals surface area contributed by atoms with Gasteiger partial charge in [-0.3, -0.25) is 0 Å². The molecule has 2 unspecified atom stereocenters. The van der Waals surface area contributed by atoms with Gasteiger partial charge in [0.25, 0.3) is 0 Å². The number of rotatable bonds is 13. The first-order valence-electron chi connectivity index (χ1n) is 15.6. The molecule has 0 bridgehead atoms. The van der Waals surface area contributed by atoms with Gasteiger partial charge in [0.05, 0.1) is 22.8 Å². The van der Waals surface area contributed by atoms with Gasteiger partial charge in [-0.15, -0.1) is 0 Å². The molecule has 53 heavy (non-hydrogen) atoms. The standard InChI is InChI=1S/C20H19F3O4.C18H14ClF3O4/c1-3-25-19(24)12-7-14(2)26-16-8-10-17(11-9-16)27-18-6-4-5-15(13-18)20(21,22)23;1-11(2-9-17(23)24)25-13-4-6-14(7-5-13)26-16-8-3-12(10-15(16)19)18(20,21)22/h4-14H,3H2,1-2H3;2-11H,1H3,(H,23,24). The number of esters is 1. The predicted molar refractivity (Wildman–Crippen MR) is 184 cm³/mol. The summed E-state index contributed by atoms with van der Waals surface area (Å²) in [4.78, 5) is 21.7. The van der Waals surface area contributed by atoms with Crippen LogP contribution < -0.4 is 18.9 Å². The highest BCUT2D eigenvalue weighted by atomic mass is 35.5. The highest BCUT2D eigenvalue weighted by molar-refractivity contribution is 6.32. The number of carbonyl (C=O) groups is 2. The average Bonchev–Trinajstić information content (AvgIpc) is 3.09. The van der Waals surface area contributed by atoms with E-state index in [9.17, 15) is 35.9 Å². The maximum absolute atomic E-state index is 12.7. The summed E-state index contributed by atoms with van der Waals surface area (Å²) in [5, 5.41) is 8.40. The van der Waals surface area contributed by atoms with Crippen LogP contribution in [0.4, 0.5) is 26.3 Å². The Morgan fingerprint density at radius 3 is 1.66 bits per heavy atom. The first-order chi connectivity index (χ1) is 24.9. The fourth-order valence-corrected chi connectivity index (χ4v) is 4.28. The Kier molecular flexibility index (Phi) is 15.2. The number of halogens is 7. The lowest BCUT2D eigenvalue weighted by atomic mass is 10.2. The zero-order valence-electron chi connectivity index (χ0n) is 28.3. The smallest absolute Gasteiger partial charge is 0.416 e. The minimum atomic E-state index is -4.48. The number of alkyl halides is 6. The fraction of sp³-hybridized carbons (Fsp3) is 0.211. The molecule has 0 saturated carbocycles. The first kappa shape index (κ1) is 41.8. The Bertz CT molecular complexity index is 1860. The minimum absolute atomic E-state index is 0.0873. The van der Waals surface area contributed by atoms with E-state index >= 15 is 0 Å². The number of carbonyl (C=O) groups excluding carboxylic acids is 1. The Morgan fingerprint density at radius 2 is 1.17 bits per heavy atom. The predicted octanol–water partition coefficient (Wildman–Crippen LogP) is 10.9. The van der Waals surface area contributed by atoms with Crippen molar-refractivity contribution >= 4 is 23.5 Å². The molecule has 1 N–H and O–H groups in total. The van der Waals surface area contributed by atoms with E-state index in [1.165, 1.54) is 24.3 Å². The summed E-state index contributed by atoms with van der Waals surface area (Å²) in [6.07, 6.45) is -4.52. The van der Waals surface area contributed by atoms with Crippen LogP contribution in [0.5, 0.6) is 34.5 Å². The number of carboxylic acids is 1.